The van der Waals surface area contributed by atoms with Crippen LogP contribution in [0.2, 0.25) is 0 Å². The number of hydrogen-bond acceptors (Lipinski definition) is 3. The van der Waals surface area contributed by atoms with Crippen LogP contribution in [0.5, 0.6) is 0 Å². The van der Waals surface area contributed by atoms with E-state index < -0.39 is 5.91 Å². The Morgan fingerprint density at radius 3 is 2.74 bits per heavy atom. The highest BCUT2D eigenvalue weighted by atomic mass is 16.2. The number of carbonyl (C=O) groups is 3. The predicted molar refractivity (Wildman–Crippen MR) is 68.8 cm³/mol. The zero-order valence-electron chi connectivity index (χ0n) is 10.4. The van der Waals surface area contributed by atoms with Gasteiger partial charge in [-0.15, -0.1) is 0 Å². The molecule has 1 aromatic carbocycles. The first-order valence-corrected chi connectivity index (χ1v) is 6.43. The summed E-state index contributed by atoms with van der Waals surface area (Å²) >= 11 is 0. The van der Waals surface area contributed by atoms with Gasteiger partial charge in [-0.05, 0) is 24.5 Å². The van der Waals surface area contributed by atoms with E-state index in [1.165, 1.54) is 0 Å². The maximum Gasteiger partial charge on any atom is 0.260 e. The summed E-state index contributed by atoms with van der Waals surface area (Å²) in [5.41, 5.74) is 1.80. The summed E-state index contributed by atoms with van der Waals surface area (Å²) < 4.78 is 0. The molecule has 0 bridgehead atoms. The fourth-order valence-electron chi connectivity index (χ4n) is 2.69. The quantitative estimate of drug-likeness (QED) is 0.765. The number of nitrogens with one attached hydrogen (secondary N) is 1. The second-order valence-electron chi connectivity index (χ2n) is 4.87. The van der Waals surface area contributed by atoms with Crippen LogP contribution in [-0.2, 0) is 16.0 Å². The molecule has 2 aliphatic heterocycles. The molecule has 0 saturated carbocycles. The Kier molecular flexibility index (Phi) is 2.81. The van der Waals surface area contributed by atoms with Crippen LogP contribution in [-0.4, -0.2) is 24.3 Å². The van der Waals surface area contributed by atoms with Gasteiger partial charge in [0.2, 0.25) is 11.8 Å². The third kappa shape index (κ3) is 2.01. The van der Waals surface area contributed by atoms with Crippen LogP contribution in [0.25, 0.3) is 0 Å². The van der Waals surface area contributed by atoms with Crippen LogP contribution in [0.4, 0.5) is 5.69 Å². The van der Waals surface area contributed by atoms with Crippen molar-refractivity contribution in [3.05, 3.63) is 29.3 Å². The highest BCUT2D eigenvalue weighted by Crippen LogP contribution is 2.29. The van der Waals surface area contributed by atoms with Gasteiger partial charge in [0.15, 0.2) is 0 Å². The zero-order valence-corrected chi connectivity index (χ0v) is 10.4. The summed E-state index contributed by atoms with van der Waals surface area (Å²) in [6, 6.07) is 5.34. The molecule has 3 rings (SSSR count). The van der Waals surface area contributed by atoms with Crippen molar-refractivity contribution in [1.29, 1.82) is 0 Å². The Morgan fingerprint density at radius 2 is 1.95 bits per heavy atom. The van der Waals surface area contributed by atoms with Crippen LogP contribution in [0.15, 0.2) is 18.2 Å². The number of amides is 3. The van der Waals surface area contributed by atoms with E-state index in [-0.39, 0.29) is 18.2 Å². The third-order valence-corrected chi connectivity index (χ3v) is 3.57. The second-order valence-corrected chi connectivity index (χ2v) is 4.87. The van der Waals surface area contributed by atoms with E-state index in [2.05, 4.69) is 5.32 Å². The summed E-state index contributed by atoms with van der Waals surface area (Å²) in [6.45, 7) is 0.635. The first-order valence-electron chi connectivity index (χ1n) is 6.43. The second kappa shape index (κ2) is 4.50. The van der Waals surface area contributed by atoms with Gasteiger partial charge < -0.3 is 4.90 Å². The van der Waals surface area contributed by atoms with E-state index in [1.54, 1.807) is 23.1 Å². The van der Waals surface area contributed by atoms with Gasteiger partial charge in [0, 0.05) is 13.0 Å². The third-order valence-electron chi connectivity index (χ3n) is 3.57. The summed E-state index contributed by atoms with van der Waals surface area (Å²) in [6.07, 6.45) is 2.55. The van der Waals surface area contributed by atoms with Gasteiger partial charge in [-0.1, -0.05) is 12.1 Å². The Morgan fingerprint density at radius 1 is 1.11 bits per heavy atom. The van der Waals surface area contributed by atoms with E-state index in [4.69, 9.17) is 0 Å². The smallest absolute Gasteiger partial charge is 0.260 e. The maximum atomic E-state index is 12.0. The van der Waals surface area contributed by atoms with Crippen LogP contribution in [0.1, 0.15) is 35.2 Å². The van der Waals surface area contributed by atoms with E-state index in [0.29, 0.717) is 29.8 Å². The molecule has 5 nitrogen and oxygen atoms in total. The van der Waals surface area contributed by atoms with Crippen molar-refractivity contribution in [3.8, 4) is 0 Å². The van der Waals surface area contributed by atoms with Gasteiger partial charge in [0.25, 0.3) is 5.91 Å². The lowest BCUT2D eigenvalue weighted by molar-refractivity contribution is -0.120. The molecule has 2 heterocycles. The van der Waals surface area contributed by atoms with Crippen molar-refractivity contribution < 1.29 is 14.4 Å². The van der Waals surface area contributed by atoms with E-state index in [9.17, 15) is 14.4 Å². The molecule has 0 spiro atoms. The molecule has 1 aromatic rings. The molecule has 0 aliphatic carbocycles. The molecule has 5 heteroatoms. The number of nitrogens with zero attached hydrogens (tertiary/aromatic N) is 1. The van der Waals surface area contributed by atoms with Gasteiger partial charge in [-0.25, -0.2) is 0 Å². The Bertz CT molecular complexity index is 580. The van der Waals surface area contributed by atoms with Gasteiger partial charge in [-0.3, -0.25) is 19.7 Å². The van der Waals surface area contributed by atoms with Gasteiger partial charge >= 0.3 is 0 Å². The number of carbonyl (C=O) groups excluding carboxylic acids is 3. The van der Waals surface area contributed by atoms with Crippen molar-refractivity contribution in [2.45, 2.75) is 25.7 Å². The van der Waals surface area contributed by atoms with Crippen LogP contribution < -0.4 is 10.2 Å². The minimum Gasteiger partial charge on any atom is -0.312 e. The van der Waals surface area contributed by atoms with Crippen LogP contribution in [0.3, 0.4) is 0 Å². The number of benzene rings is 1. The first kappa shape index (κ1) is 11.9. The summed E-state index contributed by atoms with van der Waals surface area (Å²) in [4.78, 5) is 37.0. The number of fused-ring (bicyclic) bond motifs is 1. The molecule has 19 heavy (non-hydrogen) atoms. The molecule has 1 N–H and O–H groups in total. The van der Waals surface area contributed by atoms with Crippen molar-refractivity contribution >= 4 is 23.4 Å². The Labute approximate surface area is 110 Å². The monoisotopic (exact) mass is 258 g/mol. The van der Waals surface area contributed by atoms with E-state index >= 15 is 0 Å². The highest BCUT2D eigenvalue weighted by molar-refractivity contribution is 6.14. The van der Waals surface area contributed by atoms with Crippen molar-refractivity contribution in [2.75, 3.05) is 11.4 Å². The number of rotatable bonds is 1. The molecule has 0 aromatic heterocycles. The first-order chi connectivity index (χ1) is 9.16. The molecule has 1 saturated heterocycles. The fraction of sp³-hybridized carbons (Fsp3) is 0.357. The number of anilines is 1. The fourth-order valence-corrected chi connectivity index (χ4v) is 2.69. The molecule has 2 aliphatic rings. The summed E-state index contributed by atoms with van der Waals surface area (Å²) in [7, 11) is 0. The molecular weight excluding hydrogens is 244 g/mol. The van der Waals surface area contributed by atoms with E-state index in [1.807, 2.05) is 0 Å². The molecular formula is C14H14N2O3. The van der Waals surface area contributed by atoms with Crippen molar-refractivity contribution in [2.24, 2.45) is 0 Å². The molecule has 0 radical (unpaired) electrons. The average molecular weight is 258 g/mol. The van der Waals surface area contributed by atoms with Gasteiger partial charge in [-0.2, -0.15) is 0 Å². The zero-order chi connectivity index (χ0) is 13.4. The van der Waals surface area contributed by atoms with E-state index in [0.717, 1.165) is 12.8 Å². The molecule has 1 fully saturated rings. The summed E-state index contributed by atoms with van der Waals surface area (Å²) in [5.74, 6) is -0.649. The largest absolute Gasteiger partial charge is 0.312 e. The lowest BCUT2D eigenvalue weighted by Crippen LogP contribution is -2.41. The van der Waals surface area contributed by atoms with Crippen LogP contribution >= 0.6 is 0 Å². The highest BCUT2D eigenvalue weighted by Gasteiger charge is 2.29. The molecule has 3 amide bonds. The topological polar surface area (TPSA) is 66.5 Å². The SMILES string of the molecule is O=C1Cc2cccc(N3CCCCC3=O)c2C(=O)N1. The average Bonchev–Trinajstić information content (AvgIpc) is 2.38. The normalized spacial score (nSPS) is 19.2. The lowest BCUT2D eigenvalue weighted by atomic mass is 9.96. The Hall–Kier alpha value is -2.17. The maximum absolute atomic E-state index is 12.0. The minimum atomic E-state index is -0.403. The van der Waals surface area contributed by atoms with Crippen molar-refractivity contribution in [3.63, 3.8) is 0 Å². The predicted octanol–water partition coefficient (Wildman–Crippen LogP) is 1.02. The Balaban J connectivity index is 2.07. The van der Waals surface area contributed by atoms with Crippen molar-refractivity contribution in [1.82, 2.24) is 5.32 Å². The minimum absolute atomic E-state index is 0.0457. The molecule has 0 atom stereocenters. The van der Waals surface area contributed by atoms with Gasteiger partial charge in [0.1, 0.15) is 0 Å². The number of imide groups is 1. The molecule has 98 valence electrons. The van der Waals surface area contributed by atoms with Gasteiger partial charge in [0.05, 0.1) is 17.7 Å². The van der Waals surface area contributed by atoms with Crippen LogP contribution in [0, 0.1) is 0 Å². The summed E-state index contributed by atoms with van der Waals surface area (Å²) in [5, 5.41) is 2.31. The number of hydrogen-bond donors (Lipinski definition) is 1. The number of piperidine rings is 1. The molecule has 0 unspecified atom stereocenters. The lowest BCUT2D eigenvalue weighted by Gasteiger charge is -2.30. The standard InChI is InChI=1S/C14H14N2O3/c17-11-8-9-4-3-5-10(13(9)14(19)15-11)16-7-2-1-6-12(16)18/h3-5H,1-2,6-8H2,(H,15,17,19).